The number of hydrogen-bond acceptors (Lipinski definition) is 4. The predicted molar refractivity (Wildman–Crippen MR) is 80.3 cm³/mol. The molecular weight excluding hydrogens is 256 g/mol. The summed E-state index contributed by atoms with van der Waals surface area (Å²) in [7, 11) is 0. The third-order valence-electron chi connectivity index (χ3n) is 2.72. The Balaban J connectivity index is 2.54. The number of amides is 2. The van der Waals surface area contributed by atoms with Crippen LogP contribution in [0.2, 0.25) is 0 Å². The molecule has 0 aromatic heterocycles. The van der Waals surface area contributed by atoms with Gasteiger partial charge in [0.25, 0.3) is 5.91 Å². The minimum Gasteiger partial charge on any atom is -0.397 e. The largest absolute Gasteiger partial charge is 0.397 e. The van der Waals surface area contributed by atoms with E-state index in [-0.39, 0.29) is 5.91 Å². The Hall–Kier alpha value is -2.24. The highest BCUT2D eigenvalue weighted by Crippen LogP contribution is 2.22. The van der Waals surface area contributed by atoms with Crippen LogP contribution in [0, 0.1) is 5.92 Å². The lowest BCUT2D eigenvalue weighted by Crippen LogP contribution is -2.29. The maximum Gasteiger partial charge on any atom is 0.250 e. The average Bonchev–Trinajstić information content (AvgIpc) is 2.37. The van der Waals surface area contributed by atoms with Gasteiger partial charge in [-0.25, -0.2) is 0 Å². The maximum absolute atomic E-state index is 11.6. The topological polar surface area (TPSA) is 110 Å². The predicted octanol–water partition coefficient (Wildman–Crippen LogP) is 0.942. The molecule has 2 amide bonds. The van der Waals surface area contributed by atoms with Crippen molar-refractivity contribution in [1.82, 2.24) is 5.32 Å². The third kappa shape index (κ3) is 4.79. The second-order valence-electron chi connectivity index (χ2n) is 5.01. The van der Waals surface area contributed by atoms with Crippen molar-refractivity contribution in [2.45, 2.75) is 20.3 Å². The van der Waals surface area contributed by atoms with Gasteiger partial charge in [-0.3, -0.25) is 9.59 Å². The summed E-state index contributed by atoms with van der Waals surface area (Å²) in [5, 5.41) is 5.81. The van der Waals surface area contributed by atoms with Crippen molar-refractivity contribution in [3.63, 3.8) is 0 Å². The van der Waals surface area contributed by atoms with E-state index in [1.54, 1.807) is 18.2 Å². The molecule has 20 heavy (non-hydrogen) atoms. The molecule has 0 saturated heterocycles. The quantitative estimate of drug-likeness (QED) is 0.556. The molecule has 1 aromatic rings. The summed E-state index contributed by atoms with van der Waals surface area (Å²) in [4.78, 5) is 22.9. The zero-order chi connectivity index (χ0) is 15.1. The van der Waals surface area contributed by atoms with Crippen molar-refractivity contribution in [3.8, 4) is 0 Å². The first kappa shape index (κ1) is 15.8. The van der Waals surface area contributed by atoms with Gasteiger partial charge in [0, 0.05) is 19.5 Å². The number of nitrogens with two attached hydrogens (primary N) is 2. The van der Waals surface area contributed by atoms with Gasteiger partial charge in [0.05, 0.1) is 16.9 Å². The van der Waals surface area contributed by atoms with Crippen molar-refractivity contribution in [2.24, 2.45) is 11.7 Å². The van der Waals surface area contributed by atoms with E-state index in [0.29, 0.717) is 42.4 Å². The molecule has 6 heteroatoms. The Bertz CT molecular complexity index is 486. The SMILES string of the molecule is CC(C)CNC(=O)CCNc1c(N)cccc1C(N)=O. The fraction of sp³-hybridized carbons (Fsp3) is 0.429. The Morgan fingerprint density at radius 2 is 2.00 bits per heavy atom. The van der Waals surface area contributed by atoms with Crippen LogP contribution in [0.1, 0.15) is 30.6 Å². The number of anilines is 2. The van der Waals surface area contributed by atoms with E-state index in [0.717, 1.165) is 0 Å². The normalized spacial score (nSPS) is 10.3. The molecular formula is C14H22N4O2. The fourth-order valence-electron chi connectivity index (χ4n) is 1.68. The molecule has 1 aromatic carbocycles. The highest BCUT2D eigenvalue weighted by Gasteiger charge is 2.11. The third-order valence-corrected chi connectivity index (χ3v) is 2.72. The number of benzene rings is 1. The lowest BCUT2D eigenvalue weighted by atomic mass is 10.1. The number of rotatable bonds is 7. The van der Waals surface area contributed by atoms with Crippen LogP contribution in [0.15, 0.2) is 18.2 Å². The molecule has 110 valence electrons. The van der Waals surface area contributed by atoms with Gasteiger partial charge in [-0.2, -0.15) is 0 Å². The van der Waals surface area contributed by atoms with Gasteiger partial charge in [0.1, 0.15) is 0 Å². The second kappa shape index (κ2) is 7.37. The van der Waals surface area contributed by atoms with E-state index < -0.39 is 5.91 Å². The van der Waals surface area contributed by atoms with Crippen molar-refractivity contribution in [1.29, 1.82) is 0 Å². The van der Waals surface area contributed by atoms with Crippen LogP contribution in [-0.2, 0) is 4.79 Å². The van der Waals surface area contributed by atoms with E-state index in [9.17, 15) is 9.59 Å². The molecule has 6 N–H and O–H groups in total. The van der Waals surface area contributed by atoms with Gasteiger partial charge in [0.2, 0.25) is 5.91 Å². The van der Waals surface area contributed by atoms with Crippen LogP contribution in [0.4, 0.5) is 11.4 Å². The first-order valence-electron chi connectivity index (χ1n) is 6.60. The van der Waals surface area contributed by atoms with E-state index in [1.165, 1.54) is 0 Å². The molecule has 0 atom stereocenters. The molecule has 6 nitrogen and oxygen atoms in total. The van der Waals surface area contributed by atoms with Gasteiger partial charge in [-0.05, 0) is 18.1 Å². The smallest absolute Gasteiger partial charge is 0.250 e. The summed E-state index contributed by atoms with van der Waals surface area (Å²) >= 11 is 0. The van der Waals surface area contributed by atoms with E-state index in [2.05, 4.69) is 10.6 Å². The molecule has 1 rings (SSSR count). The lowest BCUT2D eigenvalue weighted by Gasteiger charge is -2.13. The Labute approximate surface area is 118 Å². The summed E-state index contributed by atoms with van der Waals surface area (Å²) in [6.07, 6.45) is 0.305. The minimum absolute atomic E-state index is 0.0404. The van der Waals surface area contributed by atoms with Gasteiger partial charge >= 0.3 is 0 Å². The van der Waals surface area contributed by atoms with Crippen molar-refractivity contribution in [2.75, 3.05) is 24.1 Å². The maximum atomic E-state index is 11.6. The van der Waals surface area contributed by atoms with Crippen molar-refractivity contribution < 1.29 is 9.59 Å². The zero-order valence-electron chi connectivity index (χ0n) is 11.9. The monoisotopic (exact) mass is 278 g/mol. The van der Waals surface area contributed by atoms with Crippen LogP contribution >= 0.6 is 0 Å². The average molecular weight is 278 g/mol. The number of carbonyl (C=O) groups is 2. The first-order valence-corrected chi connectivity index (χ1v) is 6.60. The van der Waals surface area contributed by atoms with Gasteiger partial charge in [-0.15, -0.1) is 0 Å². The fourth-order valence-corrected chi connectivity index (χ4v) is 1.68. The van der Waals surface area contributed by atoms with Gasteiger partial charge in [0.15, 0.2) is 0 Å². The van der Waals surface area contributed by atoms with Crippen LogP contribution in [0.5, 0.6) is 0 Å². The standard InChI is InChI=1S/C14H22N4O2/c1-9(2)8-18-12(19)6-7-17-13-10(14(16)20)4-3-5-11(13)15/h3-5,9,17H,6-8,15H2,1-2H3,(H2,16,20)(H,18,19). The van der Waals surface area contributed by atoms with Crippen LogP contribution < -0.4 is 22.1 Å². The highest BCUT2D eigenvalue weighted by atomic mass is 16.2. The highest BCUT2D eigenvalue weighted by molar-refractivity contribution is 6.01. The number of para-hydroxylation sites is 1. The molecule has 0 saturated carbocycles. The molecule has 0 aliphatic rings. The van der Waals surface area contributed by atoms with Crippen molar-refractivity contribution >= 4 is 23.2 Å². The van der Waals surface area contributed by atoms with E-state index in [1.807, 2.05) is 13.8 Å². The second-order valence-corrected chi connectivity index (χ2v) is 5.01. The summed E-state index contributed by atoms with van der Waals surface area (Å²) in [5.41, 5.74) is 12.3. The number of primary amides is 1. The van der Waals surface area contributed by atoms with Crippen molar-refractivity contribution in [3.05, 3.63) is 23.8 Å². The number of nitrogen functional groups attached to an aromatic ring is 1. The van der Waals surface area contributed by atoms with Gasteiger partial charge in [-0.1, -0.05) is 19.9 Å². The molecule has 0 heterocycles. The van der Waals surface area contributed by atoms with E-state index >= 15 is 0 Å². The first-order chi connectivity index (χ1) is 9.41. The number of nitrogens with one attached hydrogen (secondary N) is 2. The summed E-state index contributed by atoms with van der Waals surface area (Å²) < 4.78 is 0. The molecule has 0 radical (unpaired) electrons. The molecule has 0 aliphatic heterocycles. The molecule has 0 fully saturated rings. The lowest BCUT2D eigenvalue weighted by molar-refractivity contribution is -0.120. The van der Waals surface area contributed by atoms with Crippen LogP contribution in [-0.4, -0.2) is 24.9 Å². The molecule has 0 unspecified atom stereocenters. The molecule has 0 bridgehead atoms. The summed E-state index contributed by atoms with van der Waals surface area (Å²) in [5.74, 6) is -0.177. The summed E-state index contributed by atoms with van der Waals surface area (Å²) in [6, 6.07) is 4.93. The van der Waals surface area contributed by atoms with Crippen LogP contribution in [0.3, 0.4) is 0 Å². The molecule has 0 aliphatic carbocycles. The Morgan fingerprint density at radius 1 is 1.30 bits per heavy atom. The van der Waals surface area contributed by atoms with Gasteiger partial charge < -0.3 is 22.1 Å². The molecule has 0 spiro atoms. The summed E-state index contributed by atoms with van der Waals surface area (Å²) in [6.45, 7) is 5.10. The zero-order valence-corrected chi connectivity index (χ0v) is 11.9. The number of carbonyl (C=O) groups excluding carboxylic acids is 2. The Kier molecular flexibility index (Phi) is 5.83. The van der Waals surface area contributed by atoms with Crippen LogP contribution in [0.25, 0.3) is 0 Å². The number of hydrogen-bond donors (Lipinski definition) is 4. The van der Waals surface area contributed by atoms with E-state index in [4.69, 9.17) is 11.5 Å². The minimum atomic E-state index is -0.552. The Morgan fingerprint density at radius 3 is 2.60 bits per heavy atom.